The monoisotopic (exact) mass is 526 g/mol. The number of hydrogen-bond donors (Lipinski definition) is 0. The minimum absolute atomic E-state index is 0.404. The van der Waals surface area contributed by atoms with Crippen LogP contribution in [0.4, 0.5) is 0 Å². The fourth-order valence-electron chi connectivity index (χ4n) is 2.72. The molecule has 28 heavy (non-hydrogen) atoms. The van der Waals surface area contributed by atoms with Gasteiger partial charge in [0.05, 0.1) is 0 Å². The first-order valence-corrected chi connectivity index (χ1v) is 10.3. The third-order valence-corrected chi connectivity index (χ3v) is 4.84. The van der Waals surface area contributed by atoms with Crippen LogP contribution in [0.2, 0.25) is 5.02 Å². The molecule has 0 radical (unpaired) electrons. The van der Waals surface area contributed by atoms with Crippen molar-refractivity contribution in [3.05, 3.63) is 29.3 Å². The number of hydrogen-bond acceptors (Lipinski definition) is 8. The first-order chi connectivity index (χ1) is 13.2. The van der Waals surface area contributed by atoms with Gasteiger partial charge in [0.1, 0.15) is 11.9 Å². The van der Waals surface area contributed by atoms with Crippen LogP contribution >= 0.6 is 34.2 Å². The van der Waals surface area contributed by atoms with Crippen molar-refractivity contribution < 1.29 is 38.1 Å². The number of halogens is 2. The summed E-state index contributed by atoms with van der Waals surface area (Å²) >= 11 is 7.94. The number of rotatable bonds is 6. The molecule has 1 heterocycles. The Bertz CT molecular complexity index is 710. The van der Waals surface area contributed by atoms with E-state index in [1.54, 1.807) is 24.3 Å². The lowest BCUT2D eigenvalue weighted by molar-refractivity contribution is -0.279. The number of benzene rings is 1. The average molecular weight is 527 g/mol. The Morgan fingerprint density at radius 3 is 1.93 bits per heavy atom. The summed E-state index contributed by atoms with van der Waals surface area (Å²) in [7, 11) is 0. The molecule has 0 aliphatic carbocycles. The van der Waals surface area contributed by atoms with Gasteiger partial charge in [-0.3, -0.25) is 14.4 Å². The maximum Gasteiger partial charge on any atom is 0.303 e. The molecule has 1 aromatic rings. The molecule has 1 aromatic carbocycles. The SMILES string of the molecule is CC(=O)O[C@@H]1[C@@H](OC(C)=O)[C@@H](Oc2ccc(Cl)cc2)O[C@H](CI)[C@H]1OC(C)=O. The van der Waals surface area contributed by atoms with E-state index in [1.165, 1.54) is 20.8 Å². The van der Waals surface area contributed by atoms with Gasteiger partial charge in [0.15, 0.2) is 12.2 Å². The minimum atomic E-state index is -1.15. The van der Waals surface area contributed by atoms with E-state index in [9.17, 15) is 14.4 Å². The van der Waals surface area contributed by atoms with Crippen molar-refractivity contribution in [1.29, 1.82) is 0 Å². The zero-order valence-electron chi connectivity index (χ0n) is 15.4. The van der Waals surface area contributed by atoms with E-state index < -0.39 is 48.6 Å². The summed E-state index contributed by atoms with van der Waals surface area (Å²) in [4.78, 5) is 34.9. The predicted molar refractivity (Wildman–Crippen MR) is 106 cm³/mol. The Morgan fingerprint density at radius 2 is 1.43 bits per heavy atom. The lowest BCUT2D eigenvalue weighted by Gasteiger charge is -2.43. The van der Waals surface area contributed by atoms with E-state index in [-0.39, 0.29) is 0 Å². The van der Waals surface area contributed by atoms with Crippen molar-refractivity contribution in [2.24, 2.45) is 0 Å². The second-order valence-electron chi connectivity index (χ2n) is 5.99. The number of esters is 3. The fraction of sp³-hybridized carbons (Fsp3) is 0.500. The minimum Gasteiger partial charge on any atom is -0.461 e. The largest absolute Gasteiger partial charge is 0.461 e. The smallest absolute Gasteiger partial charge is 0.303 e. The molecule has 0 bridgehead atoms. The molecule has 1 aliphatic rings. The highest BCUT2D eigenvalue weighted by atomic mass is 127. The average Bonchev–Trinajstić information content (AvgIpc) is 2.60. The topological polar surface area (TPSA) is 97.4 Å². The van der Waals surface area contributed by atoms with Gasteiger partial charge in [-0.05, 0) is 24.3 Å². The summed E-state index contributed by atoms with van der Waals surface area (Å²) in [5, 5.41) is 0.520. The molecular weight excluding hydrogens is 507 g/mol. The number of alkyl halides is 1. The van der Waals surface area contributed by atoms with Crippen molar-refractivity contribution in [2.75, 3.05) is 4.43 Å². The number of ether oxygens (including phenoxy) is 5. The van der Waals surface area contributed by atoms with Gasteiger partial charge in [-0.25, -0.2) is 0 Å². The Morgan fingerprint density at radius 1 is 0.929 bits per heavy atom. The van der Waals surface area contributed by atoms with Gasteiger partial charge in [0.25, 0.3) is 0 Å². The van der Waals surface area contributed by atoms with Crippen LogP contribution in [-0.2, 0) is 33.3 Å². The van der Waals surface area contributed by atoms with Gasteiger partial charge >= 0.3 is 17.9 Å². The van der Waals surface area contributed by atoms with E-state index in [0.29, 0.717) is 15.2 Å². The van der Waals surface area contributed by atoms with Crippen LogP contribution in [0, 0.1) is 0 Å². The zero-order chi connectivity index (χ0) is 20.8. The Kier molecular flexibility index (Phi) is 8.32. The Balaban J connectivity index is 2.38. The molecular formula is C18H20ClIO8. The Hall–Kier alpha value is -1.59. The van der Waals surface area contributed by atoms with Crippen LogP contribution in [0.5, 0.6) is 5.75 Å². The van der Waals surface area contributed by atoms with Crippen LogP contribution in [0.15, 0.2) is 24.3 Å². The van der Waals surface area contributed by atoms with E-state index >= 15 is 0 Å². The third-order valence-electron chi connectivity index (χ3n) is 3.72. The highest BCUT2D eigenvalue weighted by Crippen LogP contribution is 2.31. The molecule has 0 N–H and O–H groups in total. The van der Waals surface area contributed by atoms with Crippen LogP contribution in [0.3, 0.4) is 0 Å². The van der Waals surface area contributed by atoms with Gasteiger partial charge < -0.3 is 23.7 Å². The maximum absolute atomic E-state index is 11.7. The third kappa shape index (κ3) is 6.21. The normalized spacial score (nSPS) is 26.8. The lowest BCUT2D eigenvalue weighted by atomic mass is 9.99. The molecule has 0 saturated carbocycles. The summed E-state index contributed by atoms with van der Waals surface area (Å²) in [5.41, 5.74) is 0. The van der Waals surface area contributed by atoms with Gasteiger partial charge in [-0.1, -0.05) is 34.2 Å². The van der Waals surface area contributed by atoms with E-state index in [1.807, 2.05) is 0 Å². The van der Waals surface area contributed by atoms with Crippen molar-refractivity contribution in [1.82, 2.24) is 0 Å². The lowest BCUT2D eigenvalue weighted by Crippen LogP contribution is -2.63. The molecule has 0 amide bonds. The maximum atomic E-state index is 11.7. The standard InChI is InChI=1S/C18H20ClIO8/c1-9(21)24-15-14(8-20)28-18(27-13-6-4-12(19)5-7-13)17(26-11(3)23)16(15)25-10(2)22/h4-7,14-18H,8H2,1-3H3/t14-,15-,16+,17-,18+/m1/s1. The van der Waals surface area contributed by atoms with E-state index in [0.717, 1.165) is 0 Å². The molecule has 1 aliphatic heterocycles. The van der Waals surface area contributed by atoms with Crippen LogP contribution in [0.1, 0.15) is 20.8 Å². The molecule has 0 unspecified atom stereocenters. The molecule has 2 rings (SSSR count). The first kappa shape index (κ1) is 22.7. The summed E-state index contributed by atoms with van der Waals surface area (Å²) in [5.74, 6) is -1.44. The molecule has 8 nitrogen and oxygen atoms in total. The zero-order valence-corrected chi connectivity index (χ0v) is 18.3. The second kappa shape index (κ2) is 10.3. The molecule has 0 aromatic heterocycles. The highest BCUT2D eigenvalue weighted by molar-refractivity contribution is 14.1. The number of carbonyl (C=O) groups excluding carboxylic acids is 3. The summed E-state index contributed by atoms with van der Waals surface area (Å²) < 4.78 is 28.1. The predicted octanol–water partition coefficient (Wildman–Crippen LogP) is 2.67. The molecule has 1 saturated heterocycles. The summed E-state index contributed by atoms with van der Waals surface area (Å²) in [6.07, 6.45) is -4.97. The second-order valence-corrected chi connectivity index (χ2v) is 7.31. The quantitative estimate of drug-likeness (QED) is 0.242. The summed E-state index contributed by atoms with van der Waals surface area (Å²) in [6.45, 7) is 3.64. The molecule has 10 heteroatoms. The molecule has 154 valence electrons. The van der Waals surface area contributed by atoms with Crippen LogP contribution in [0.25, 0.3) is 0 Å². The van der Waals surface area contributed by atoms with Crippen molar-refractivity contribution >= 4 is 52.1 Å². The number of carbonyl (C=O) groups is 3. The first-order valence-electron chi connectivity index (χ1n) is 8.36. The Labute approximate surface area is 180 Å². The van der Waals surface area contributed by atoms with Crippen molar-refractivity contribution in [3.63, 3.8) is 0 Å². The van der Waals surface area contributed by atoms with Crippen molar-refractivity contribution in [2.45, 2.75) is 51.5 Å². The van der Waals surface area contributed by atoms with E-state index in [2.05, 4.69) is 22.6 Å². The van der Waals surface area contributed by atoms with Gasteiger partial charge in [-0.2, -0.15) is 0 Å². The summed E-state index contributed by atoms with van der Waals surface area (Å²) in [6, 6.07) is 6.49. The molecule has 1 fully saturated rings. The van der Waals surface area contributed by atoms with E-state index in [4.69, 9.17) is 35.3 Å². The van der Waals surface area contributed by atoms with Gasteiger partial charge in [0.2, 0.25) is 12.4 Å². The van der Waals surface area contributed by atoms with Gasteiger partial charge in [-0.15, -0.1) is 0 Å². The van der Waals surface area contributed by atoms with Gasteiger partial charge in [0, 0.05) is 30.2 Å². The fourth-order valence-corrected chi connectivity index (χ4v) is 3.56. The van der Waals surface area contributed by atoms with Crippen LogP contribution < -0.4 is 4.74 Å². The van der Waals surface area contributed by atoms with Crippen LogP contribution in [-0.4, -0.2) is 53.0 Å². The highest BCUT2D eigenvalue weighted by Gasteiger charge is 2.52. The molecule has 0 spiro atoms. The van der Waals surface area contributed by atoms with Crippen molar-refractivity contribution in [3.8, 4) is 5.75 Å². The molecule has 5 atom stereocenters.